The van der Waals surface area contributed by atoms with Crippen LogP contribution >= 0.6 is 0 Å². The SMILES string of the molecule is CC(C)(C)OC(=O)N1CC2CCC(C1)N2S(=O)(=O)c1cc(F)cc(F)c1. The number of carbonyl (C=O) groups is 1. The molecule has 2 aliphatic heterocycles. The molecule has 2 aliphatic rings. The number of hydrogen-bond donors (Lipinski definition) is 0. The van der Waals surface area contributed by atoms with Gasteiger partial charge in [0.05, 0.1) is 4.90 Å². The normalized spacial score (nSPS) is 24.0. The first kappa shape index (κ1) is 19.0. The monoisotopic (exact) mass is 388 g/mol. The van der Waals surface area contributed by atoms with E-state index in [9.17, 15) is 22.0 Å². The smallest absolute Gasteiger partial charge is 0.410 e. The van der Waals surface area contributed by atoms with E-state index in [1.54, 1.807) is 20.8 Å². The maximum absolute atomic E-state index is 13.5. The third kappa shape index (κ3) is 3.68. The highest BCUT2D eigenvalue weighted by molar-refractivity contribution is 7.89. The molecule has 2 atom stereocenters. The summed E-state index contributed by atoms with van der Waals surface area (Å²) in [7, 11) is -4.05. The molecule has 2 heterocycles. The molecule has 2 bridgehead atoms. The molecule has 2 unspecified atom stereocenters. The molecule has 0 aliphatic carbocycles. The van der Waals surface area contributed by atoms with E-state index in [0.717, 1.165) is 12.1 Å². The van der Waals surface area contributed by atoms with Gasteiger partial charge in [0.25, 0.3) is 0 Å². The standard InChI is InChI=1S/C17H22F2N2O4S/c1-17(2,3)25-16(22)20-9-13-4-5-14(10-20)21(13)26(23,24)15-7-11(18)6-12(19)8-15/h6-8,13-14H,4-5,9-10H2,1-3H3. The van der Waals surface area contributed by atoms with Gasteiger partial charge in [0, 0.05) is 31.2 Å². The fourth-order valence-electron chi connectivity index (χ4n) is 3.53. The highest BCUT2D eigenvalue weighted by Gasteiger charge is 2.48. The number of rotatable bonds is 2. The number of benzene rings is 1. The van der Waals surface area contributed by atoms with Crippen molar-refractivity contribution in [2.24, 2.45) is 0 Å². The first-order valence-electron chi connectivity index (χ1n) is 8.45. The van der Waals surface area contributed by atoms with Crippen molar-refractivity contribution in [3.8, 4) is 0 Å². The fourth-order valence-corrected chi connectivity index (χ4v) is 5.43. The number of sulfonamides is 1. The topological polar surface area (TPSA) is 66.9 Å². The summed E-state index contributed by atoms with van der Waals surface area (Å²) in [5.41, 5.74) is -0.640. The third-order valence-corrected chi connectivity index (χ3v) is 6.46. The average molecular weight is 388 g/mol. The third-order valence-electron chi connectivity index (χ3n) is 4.48. The van der Waals surface area contributed by atoms with Crippen LogP contribution in [0.1, 0.15) is 33.6 Å². The van der Waals surface area contributed by atoms with Gasteiger partial charge in [0.2, 0.25) is 10.0 Å². The zero-order chi connectivity index (χ0) is 19.3. The molecule has 9 heteroatoms. The first-order valence-corrected chi connectivity index (χ1v) is 9.89. The highest BCUT2D eigenvalue weighted by atomic mass is 32.2. The zero-order valence-electron chi connectivity index (χ0n) is 14.9. The minimum atomic E-state index is -4.05. The van der Waals surface area contributed by atoms with E-state index in [2.05, 4.69) is 0 Å². The molecule has 144 valence electrons. The van der Waals surface area contributed by atoms with E-state index < -0.39 is 50.3 Å². The molecular weight excluding hydrogens is 366 g/mol. The molecule has 2 fully saturated rings. The molecule has 26 heavy (non-hydrogen) atoms. The lowest BCUT2D eigenvalue weighted by Gasteiger charge is -2.40. The Bertz CT molecular complexity index is 788. The van der Waals surface area contributed by atoms with Gasteiger partial charge in [-0.15, -0.1) is 0 Å². The lowest BCUT2D eigenvalue weighted by molar-refractivity contribution is 0.0120. The summed E-state index contributed by atoms with van der Waals surface area (Å²) in [6, 6.07) is 1.40. The second-order valence-electron chi connectivity index (χ2n) is 7.71. The van der Waals surface area contributed by atoms with Gasteiger partial charge in [-0.3, -0.25) is 0 Å². The van der Waals surface area contributed by atoms with Crippen LogP contribution in [0.25, 0.3) is 0 Å². The number of carbonyl (C=O) groups excluding carboxylic acids is 1. The van der Waals surface area contributed by atoms with Crippen LogP contribution in [0.15, 0.2) is 23.1 Å². The molecule has 3 rings (SSSR count). The lowest BCUT2D eigenvalue weighted by Crippen LogP contribution is -2.57. The predicted octanol–water partition coefficient (Wildman–Crippen LogP) is 2.74. The van der Waals surface area contributed by atoms with E-state index >= 15 is 0 Å². The molecule has 0 saturated carbocycles. The Kier molecular flexibility index (Phi) is 4.72. The Labute approximate surface area is 151 Å². The highest BCUT2D eigenvalue weighted by Crippen LogP contribution is 2.36. The Hall–Kier alpha value is -1.74. The molecule has 1 amide bonds. The fraction of sp³-hybridized carbons (Fsp3) is 0.588. The number of amides is 1. The van der Waals surface area contributed by atoms with Gasteiger partial charge in [-0.2, -0.15) is 4.31 Å². The average Bonchev–Trinajstić information content (AvgIpc) is 2.76. The number of ether oxygens (including phenoxy) is 1. The summed E-state index contributed by atoms with van der Waals surface area (Å²) < 4.78 is 59.4. The number of piperazine rings is 1. The Morgan fingerprint density at radius 1 is 1.08 bits per heavy atom. The van der Waals surface area contributed by atoms with E-state index in [0.29, 0.717) is 18.9 Å². The zero-order valence-corrected chi connectivity index (χ0v) is 15.7. The number of likely N-dealkylation sites (tertiary alicyclic amines) is 1. The number of nitrogens with zero attached hydrogens (tertiary/aromatic N) is 2. The van der Waals surface area contributed by atoms with Crippen molar-refractivity contribution in [3.63, 3.8) is 0 Å². The molecular formula is C17H22F2N2O4S. The van der Waals surface area contributed by atoms with Gasteiger partial charge < -0.3 is 9.64 Å². The van der Waals surface area contributed by atoms with Gasteiger partial charge in [-0.1, -0.05) is 0 Å². The Morgan fingerprint density at radius 3 is 2.04 bits per heavy atom. The summed E-state index contributed by atoms with van der Waals surface area (Å²) in [6.07, 6.45) is 0.686. The van der Waals surface area contributed by atoms with Gasteiger partial charge >= 0.3 is 6.09 Å². The van der Waals surface area contributed by atoms with Crippen LogP contribution in [0.4, 0.5) is 13.6 Å². The maximum atomic E-state index is 13.5. The summed E-state index contributed by atoms with van der Waals surface area (Å²) in [6.45, 7) is 5.68. The van der Waals surface area contributed by atoms with Crippen LogP contribution in [0.5, 0.6) is 0 Å². The van der Waals surface area contributed by atoms with E-state index in [4.69, 9.17) is 4.74 Å². The van der Waals surface area contributed by atoms with Gasteiger partial charge in [-0.05, 0) is 45.7 Å². The van der Waals surface area contributed by atoms with Crippen molar-refractivity contribution in [1.82, 2.24) is 9.21 Å². The first-order chi connectivity index (χ1) is 12.0. The van der Waals surface area contributed by atoms with E-state index in [1.807, 2.05) is 0 Å². The molecule has 0 spiro atoms. The van der Waals surface area contributed by atoms with Crippen LogP contribution in [-0.4, -0.2) is 54.5 Å². The Morgan fingerprint density at radius 2 is 1.58 bits per heavy atom. The minimum Gasteiger partial charge on any atom is -0.444 e. The second kappa shape index (κ2) is 6.45. The van der Waals surface area contributed by atoms with Crippen LogP contribution < -0.4 is 0 Å². The molecule has 0 aromatic heterocycles. The van der Waals surface area contributed by atoms with E-state index in [-0.39, 0.29) is 13.1 Å². The van der Waals surface area contributed by atoms with Crippen molar-refractivity contribution in [1.29, 1.82) is 0 Å². The van der Waals surface area contributed by atoms with Crippen molar-refractivity contribution in [2.75, 3.05) is 13.1 Å². The van der Waals surface area contributed by atoms with Crippen molar-refractivity contribution < 1.29 is 26.7 Å². The second-order valence-corrected chi connectivity index (χ2v) is 9.55. The predicted molar refractivity (Wildman–Crippen MR) is 90.0 cm³/mol. The molecule has 0 radical (unpaired) electrons. The summed E-state index contributed by atoms with van der Waals surface area (Å²) in [5, 5.41) is 0. The van der Waals surface area contributed by atoms with Gasteiger partial charge in [0.15, 0.2) is 0 Å². The van der Waals surface area contributed by atoms with E-state index in [1.165, 1.54) is 9.21 Å². The number of fused-ring (bicyclic) bond motifs is 2. The van der Waals surface area contributed by atoms with Gasteiger partial charge in [-0.25, -0.2) is 22.0 Å². The van der Waals surface area contributed by atoms with Crippen LogP contribution in [0.3, 0.4) is 0 Å². The maximum Gasteiger partial charge on any atom is 0.410 e. The Balaban J connectivity index is 1.83. The van der Waals surface area contributed by atoms with Crippen molar-refractivity contribution in [3.05, 3.63) is 29.8 Å². The van der Waals surface area contributed by atoms with Crippen LogP contribution in [0.2, 0.25) is 0 Å². The molecule has 1 aromatic carbocycles. The van der Waals surface area contributed by atoms with Crippen molar-refractivity contribution >= 4 is 16.1 Å². The lowest BCUT2D eigenvalue weighted by atomic mass is 10.2. The van der Waals surface area contributed by atoms with Crippen LogP contribution in [-0.2, 0) is 14.8 Å². The largest absolute Gasteiger partial charge is 0.444 e. The summed E-state index contributed by atoms with van der Waals surface area (Å²) in [4.78, 5) is 13.4. The molecule has 1 aromatic rings. The number of hydrogen-bond acceptors (Lipinski definition) is 4. The van der Waals surface area contributed by atoms with Crippen LogP contribution in [0, 0.1) is 11.6 Å². The molecule has 2 saturated heterocycles. The summed E-state index contributed by atoms with van der Waals surface area (Å²) >= 11 is 0. The summed E-state index contributed by atoms with van der Waals surface area (Å²) in [5.74, 6) is -1.88. The molecule has 6 nitrogen and oxygen atoms in total. The minimum absolute atomic E-state index is 0.197. The quantitative estimate of drug-likeness (QED) is 0.781. The van der Waals surface area contributed by atoms with Crippen molar-refractivity contribution in [2.45, 2.75) is 56.2 Å². The molecule has 0 N–H and O–H groups in total. The number of halogens is 2. The van der Waals surface area contributed by atoms with Gasteiger partial charge in [0.1, 0.15) is 17.2 Å².